The van der Waals surface area contributed by atoms with Crippen molar-refractivity contribution >= 4 is 11.3 Å². The molecule has 0 radical (unpaired) electrons. The van der Waals surface area contributed by atoms with Gasteiger partial charge in [0.15, 0.2) is 0 Å². The Bertz CT molecular complexity index is 350. The van der Waals surface area contributed by atoms with E-state index in [1.165, 1.54) is 22.9 Å². The van der Waals surface area contributed by atoms with Crippen LogP contribution in [0.3, 0.4) is 0 Å². The molecular formula is C13H23N3S. The monoisotopic (exact) mass is 253 g/mol. The number of nitrogens with one attached hydrogen (secondary N) is 2. The minimum Gasteiger partial charge on any atom is -0.312 e. The number of hydrogen-bond donors (Lipinski definition) is 2. The molecule has 0 aliphatic carbocycles. The lowest BCUT2D eigenvalue weighted by Crippen LogP contribution is -2.38. The summed E-state index contributed by atoms with van der Waals surface area (Å²) < 4.78 is 0. The van der Waals surface area contributed by atoms with Gasteiger partial charge in [-0.15, -0.1) is 11.3 Å². The van der Waals surface area contributed by atoms with Crippen LogP contribution in [0.15, 0.2) is 6.20 Å². The fourth-order valence-electron chi connectivity index (χ4n) is 2.25. The van der Waals surface area contributed by atoms with E-state index in [4.69, 9.17) is 0 Å². The van der Waals surface area contributed by atoms with E-state index in [1.54, 1.807) is 0 Å². The van der Waals surface area contributed by atoms with Crippen LogP contribution in [0.5, 0.6) is 0 Å². The fraction of sp³-hybridized carbons (Fsp3) is 0.769. The van der Waals surface area contributed by atoms with Crippen molar-refractivity contribution in [1.29, 1.82) is 0 Å². The van der Waals surface area contributed by atoms with E-state index in [1.807, 2.05) is 17.5 Å². The lowest BCUT2D eigenvalue weighted by atomic mass is 10.0. The van der Waals surface area contributed by atoms with Gasteiger partial charge in [-0.1, -0.05) is 13.8 Å². The molecule has 1 aromatic heterocycles. The molecule has 1 saturated heterocycles. The van der Waals surface area contributed by atoms with Gasteiger partial charge in [0, 0.05) is 23.7 Å². The predicted molar refractivity (Wildman–Crippen MR) is 73.5 cm³/mol. The van der Waals surface area contributed by atoms with Gasteiger partial charge in [0.2, 0.25) is 0 Å². The third kappa shape index (κ3) is 3.27. The lowest BCUT2D eigenvalue weighted by molar-refractivity contribution is 0.425. The summed E-state index contributed by atoms with van der Waals surface area (Å²) >= 11 is 1.83. The van der Waals surface area contributed by atoms with Gasteiger partial charge in [-0.05, 0) is 32.2 Å². The SMILES string of the molecule is CCc1cnc(C(C)NCC2NCCC2C)s1. The van der Waals surface area contributed by atoms with E-state index in [0.717, 1.165) is 18.9 Å². The highest BCUT2D eigenvalue weighted by Gasteiger charge is 2.23. The fourth-order valence-corrected chi connectivity index (χ4v) is 3.13. The van der Waals surface area contributed by atoms with Crippen LogP contribution in [0.1, 0.15) is 43.1 Å². The Labute approximate surface area is 108 Å². The van der Waals surface area contributed by atoms with E-state index in [0.29, 0.717) is 12.1 Å². The lowest BCUT2D eigenvalue weighted by Gasteiger charge is -2.19. The summed E-state index contributed by atoms with van der Waals surface area (Å²) in [6, 6.07) is 0.998. The van der Waals surface area contributed by atoms with Crippen molar-refractivity contribution in [2.24, 2.45) is 5.92 Å². The van der Waals surface area contributed by atoms with Crippen LogP contribution in [0.4, 0.5) is 0 Å². The highest BCUT2D eigenvalue weighted by Crippen LogP contribution is 2.21. The second kappa shape index (κ2) is 5.94. The molecule has 1 aromatic rings. The van der Waals surface area contributed by atoms with Crippen LogP contribution in [0.2, 0.25) is 0 Å². The highest BCUT2D eigenvalue weighted by atomic mass is 32.1. The molecule has 0 spiro atoms. The molecule has 0 bridgehead atoms. The van der Waals surface area contributed by atoms with E-state index in [2.05, 4.69) is 36.4 Å². The maximum absolute atomic E-state index is 4.49. The summed E-state index contributed by atoms with van der Waals surface area (Å²) in [5.74, 6) is 0.789. The Kier molecular flexibility index (Phi) is 4.54. The van der Waals surface area contributed by atoms with Gasteiger partial charge < -0.3 is 10.6 Å². The molecule has 1 aliphatic rings. The quantitative estimate of drug-likeness (QED) is 0.846. The first-order valence-corrected chi connectivity index (χ1v) is 7.43. The normalized spacial score (nSPS) is 26.3. The van der Waals surface area contributed by atoms with Crippen molar-refractivity contribution in [1.82, 2.24) is 15.6 Å². The van der Waals surface area contributed by atoms with Gasteiger partial charge in [0.1, 0.15) is 5.01 Å². The van der Waals surface area contributed by atoms with Crippen LogP contribution in [-0.2, 0) is 6.42 Å². The third-order valence-corrected chi connectivity index (χ3v) is 4.95. The van der Waals surface area contributed by atoms with Gasteiger partial charge >= 0.3 is 0 Å². The summed E-state index contributed by atoms with van der Waals surface area (Å²) in [5.41, 5.74) is 0. The zero-order chi connectivity index (χ0) is 12.3. The van der Waals surface area contributed by atoms with Crippen LogP contribution < -0.4 is 10.6 Å². The van der Waals surface area contributed by atoms with E-state index in [-0.39, 0.29) is 0 Å². The molecule has 2 rings (SSSR count). The van der Waals surface area contributed by atoms with Crippen molar-refractivity contribution in [3.05, 3.63) is 16.1 Å². The first-order chi connectivity index (χ1) is 8.20. The summed E-state index contributed by atoms with van der Waals surface area (Å²) in [5, 5.41) is 8.36. The average molecular weight is 253 g/mol. The van der Waals surface area contributed by atoms with Gasteiger partial charge in [0.25, 0.3) is 0 Å². The summed E-state index contributed by atoms with van der Waals surface area (Å²) in [6.07, 6.45) is 4.40. The topological polar surface area (TPSA) is 37.0 Å². The first-order valence-electron chi connectivity index (χ1n) is 6.62. The number of hydrogen-bond acceptors (Lipinski definition) is 4. The Hall–Kier alpha value is -0.450. The van der Waals surface area contributed by atoms with Gasteiger partial charge in [-0.3, -0.25) is 0 Å². The third-order valence-electron chi connectivity index (χ3n) is 3.63. The van der Waals surface area contributed by atoms with Crippen LogP contribution in [-0.4, -0.2) is 24.1 Å². The Morgan fingerprint density at radius 2 is 2.47 bits per heavy atom. The molecule has 0 saturated carbocycles. The van der Waals surface area contributed by atoms with Crippen molar-refractivity contribution < 1.29 is 0 Å². The molecule has 17 heavy (non-hydrogen) atoms. The van der Waals surface area contributed by atoms with Gasteiger partial charge in [-0.2, -0.15) is 0 Å². The maximum Gasteiger partial charge on any atom is 0.109 e. The van der Waals surface area contributed by atoms with Crippen LogP contribution >= 0.6 is 11.3 Å². The van der Waals surface area contributed by atoms with Gasteiger partial charge in [0.05, 0.1) is 6.04 Å². The number of rotatable bonds is 5. The van der Waals surface area contributed by atoms with Crippen molar-refractivity contribution in [2.45, 2.75) is 45.7 Å². The Morgan fingerprint density at radius 1 is 1.65 bits per heavy atom. The second-order valence-electron chi connectivity index (χ2n) is 4.97. The summed E-state index contributed by atoms with van der Waals surface area (Å²) in [4.78, 5) is 5.86. The van der Waals surface area contributed by atoms with Crippen molar-refractivity contribution in [2.75, 3.05) is 13.1 Å². The largest absolute Gasteiger partial charge is 0.312 e. The van der Waals surface area contributed by atoms with E-state index >= 15 is 0 Å². The average Bonchev–Trinajstić information content (AvgIpc) is 2.94. The molecule has 0 aromatic carbocycles. The predicted octanol–water partition coefficient (Wildman–Crippen LogP) is 2.35. The number of aromatic nitrogens is 1. The molecule has 1 fully saturated rings. The Morgan fingerprint density at radius 3 is 3.06 bits per heavy atom. The first kappa shape index (κ1) is 13.0. The zero-order valence-electron chi connectivity index (χ0n) is 11.0. The number of aryl methyl sites for hydroxylation is 1. The van der Waals surface area contributed by atoms with Crippen molar-refractivity contribution in [3.8, 4) is 0 Å². The standard InChI is InChI=1S/C13H23N3S/c1-4-11-7-16-13(17-11)10(3)15-8-12-9(2)5-6-14-12/h7,9-10,12,14-15H,4-6,8H2,1-3H3. The molecule has 2 heterocycles. The van der Waals surface area contributed by atoms with Crippen LogP contribution in [0.25, 0.3) is 0 Å². The smallest absolute Gasteiger partial charge is 0.109 e. The summed E-state index contributed by atoms with van der Waals surface area (Å²) in [7, 11) is 0. The molecule has 4 heteroatoms. The van der Waals surface area contributed by atoms with Crippen LogP contribution in [0, 0.1) is 5.92 Å². The maximum atomic E-state index is 4.49. The zero-order valence-corrected chi connectivity index (χ0v) is 11.8. The van der Waals surface area contributed by atoms with E-state index in [9.17, 15) is 0 Å². The summed E-state index contributed by atoms with van der Waals surface area (Å²) in [6.45, 7) is 8.93. The molecule has 3 unspecified atom stereocenters. The molecule has 1 aliphatic heterocycles. The molecule has 96 valence electrons. The minimum absolute atomic E-state index is 0.370. The van der Waals surface area contributed by atoms with Crippen molar-refractivity contribution in [3.63, 3.8) is 0 Å². The number of thiazole rings is 1. The molecular weight excluding hydrogens is 230 g/mol. The molecule has 3 nitrogen and oxygen atoms in total. The van der Waals surface area contributed by atoms with E-state index < -0.39 is 0 Å². The Balaban J connectivity index is 1.82. The molecule has 3 atom stereocenters. The molecule has 2 N–H and O–H groups in total. The minimum atomic E-state index is 0.370. The molecule has 0 amide bonds. The second-order valence-corrected chi connectivity index (χ2v) is 6.12. The highest BCUT2D eigenvalue weighted by molar-refractivity contribution is 7.11. The number of nitrogens with zero attached hydrogens (tertiary/aromatic N) is 1. The van der Waals surface area contributed by atoms with Gasteiger partial charge in [-0.25, -0.2) is 4.98 Å².